The lowest BCUT2D eigenvalue weighted by Gasteiger charge is -2.02. The van der Waals surface area contributed by atoms with Crippen LogP contribution < -0.4 is 0 Å². The van der Waals surface area contributed by atoms with Gasteiger partial charge in [0.1, 0.15) is 0 Å². The highest BCUT2D eigenvalue weighted by Gasteiger charge is 2.01. The first-order valence-electron chi connectivity index (χ1n) is 3.87. The molecule has 0 saturated heterocycles. The van der Waals surface area contributed by atoms with Crippen molar-refractivity contribution in [3.63, 3.8) is 0 Å². The smallest absolute Gasteiger partial charge is 0.328 e. The predicted molar refractivity (Wildman–Crippen MR) is 60.6 cm³/mol. The summed E-state index contributed by atoms with van der Waals surface area (Å²) in [5, 5.41) is 9.03. The standard InChI is InChI=1S/C10H8BrClO2/c1-6-4-8(11)9(12)5-7(6)2-3-10(13)14/h2-5H,1H3,(H,13,14)/b3-2+. The summed E-state index contributed by atoms with van der Waals surface area (Å²) < 4.78 is 0.809. The summed E-state index contributed by atoms with van der Waals surface area (Å²) in [4.78, 5) is 10.3. The Balaban J connectivity index is 3.10. The average molecular weight is 276 g/mol. The monoisotopic (exact) mass is 274 g/mol. The molecule has 0 amide bonds. The predicted octanol–water partition coefficient (Wildman–Crippen LogP) is 3.51. The zero-order valence-corrected chi connectivity index (χ0v) is 9.76. The molecule has 0 bridgehead atoms. The van der Waals surface area contributed by atoms with Gasteiger partial charge in [0.15, 0.2) is 0 Å². The fourth-order valence-corrected chi connectivity index (χ4v) is 1.63. The van der Waals surface area contributed by atoms with Crippen molar-refractivity contribution in [2.75, 3.05) is 0 Å². The summed E-state index contributed by atoms with van der Waals surface area (Å²) in [5.74, 6) is -0.969. The van der Waals surface area contributed by atoms with Crippen molar-refractivity contribution in [1.29, 1.82) is 0 Å². The molecule has 0 unspecified atom stereocenters. The number of hydrogen-bond acceptors (Lipinski definition) is 1. The highest BCUT2D eigenvalue weighted by atomic mass is 79.9. The van der Waals surface area contributed by atoms with Crippen LogP contribution in [0.5, 0.6) is 0 Å². The van der Waals surface area contributed by atoms with E-state index in [-0.39, 0.29) is 0 Å². The molecule has 0 aliphatic carbocycles. The Labute approximate surface area is 95.3 Å². The average Bonchev–Trinajstić information content (AvgIpc) is 2.09. The zero-order chi connectivity index (χ0) is 10.7. The van der Waals surface area contributed by atoms with Gasteiger partial charge in [-0.15, -0.1) is 0 Å². The third-order valence-corrected chi connectivity index (χ3v) is 2.91. The molecule has 1 aromatic carbocycles. The minimum atomic E-state index is -0.969. The van der Waals surface area contributed by atoms with Crippen molar-refractivity contribution >= 4 is 39.6 Å². The third kappa shape index (κ3) is 2.86. The molecule has 0 fully saturated rings. The molecule has 1 rings (SSSR count). The van der Waals surface area contributed by atoms with Crippen molar-refractivity contribution in [3.05, 3.63) is 38.8 Å². The second-order valence-electron chi connectivity index (χ2n) is 2.79. The summed E-state index contributed by atoms with van der Waals surface area (Å²) in [6.07, 6.45) is 2.61. The van der Waals surface area contributed by atoms with Gasteiger partial charge in [-0.05, 0) is 52.2 Å². The molecule has 1 N–H and O–H groups in total. The lowest BCUT2D eigenvalue weighted by atomic mass is 10.1. The Morgan fingerprint density at radius 3 is 2.79 bits per heavy atom. The highest BCUT2D eigenvalue weighted by Crippen LogP contribution is 2.26. The van der Waals surface area contributed by atoms with Gasteiger partial charge in [-0.25, -0.2) is 4.79 Å². The van der Waals surface area contributed by atoms with E-state index < -0.39 is 5.97 Å². The summed E-state index contributed by atoms with van der Waals surface area (Å²) in [6.45, 7) is 1.89. The third-order valence-electron chi connectivity index (χ3n) is 1.71. The van der Waals surface area contributed by atoms with Gasteiger partial charge in [0.25, 0.3) is 0 Å². The first-order valence-corrected chi connectivity index (χ1v) is 5.04. The van der Waals surface area contributed by atoms with E-state index in [1.54, 1.807) is 6.07 Å². The van der Waals surface area contributed by atoms with E-state index in [1.807, 2.05) is 13.0 Å². The van der Waals surface area contributed by atoms with Gasteiger partial charge < -0.3 is 5.11 Å². The fourth-order valence-electron chi connectivity index (χ4n) is 1.00. The topological polar surface area (TPSA) is 37.3 Å². The van der Waals surface area contributed by atoms with Crippen LogP contribution in [-0.4, -0.2) is 11.1 Å². The Hall–Kier alpha value is -0.800. The van der Waals surface area contributed by atoms with E-state index in [4.69, 9.17) is 16.7 Å². The van der Waals surface area contributed by atoms with Gasteiger partial charge in [0.2, 0.25) is 0 Å². The van der Waals surface area contributed by atoms with Gasteiger partial charge in [-0.1, -0.05) is 11.6 Å². The number of benzene rings is 1. The summed E-state index contributed by atoms with van der Waals surface area (Å²) in [7, 11) is 0. The molecule has 14 heavy (non-hydrogen) atoms. The Kier molecular flexibility index (Phi) is 3.72. The number of aryl methyl sites for hydroxylation is 1. The number of carbonyl (C=O) groups is 1. The lowest BCUT2D eigenvalue weighted by molar-refractivity contribution is -0.131. The van der Waals surface area contributed by atoms with Crippen LogP contribution in [0.3, 0.4) is 0 Å². The van der Waals surface area contributed by atoms with E-state index in [0.29, 0.717) is 5.02 Å². The number of halogens is 2. The Morgan fingerprint density at radius 1 is 1.57 bits per heavy atom. The zero-order valence-electron chi connectivity index (χ0n) is 7.42. The van der Waals surface area contributed by atoms with Crippen LogP contribution in [0, 0.1) is 6.92 Å². The van der Waals surface area contributed by atoms with Gasteiger partial charge >= 0.3 is 5.97 Å². The number of carboxylic acid groups (broad SMARTS) is 1. The van der Waals surface area contributed by atoms with E-state index in [9.17, 15) is 4.79 Å². The summed E-state index contributed by atoms with van der Waals surface area (Å²) in [6, 6.07) is 3.57. The van der Waals surface area contributed by atoms with Crippen LogP contribution >= 0.6 is 27.5 Å². The van der Waals surface area contributed by atoms with E-state index >= 15 is 0 Å². The molecule has 0 radical (unpaired) electrons. The number of rotatable bonds is 2. The van der Waals surface area contributed by atoms with Crippen molar-refractivity contribution in [1.82, 2.24) is 0 Å². The maximum Gasteiger partial charge on any atom is 0.328 e. The van der Waals surface area contributed by atoms with Crippen LogP contribution in [0.25, 0.3) is 6.08 Å². The molecule has 0 aliphatic rings. The maximum atomic E-state index is 10.3. The second-order valence-corrected chi connectivity index (χ2v) is 4.06. The van der Waals surface area contributed by atoms with E-state index in [2.05, 4.69) is 15.9 Å². The van der Waals surface area contributed by atoms with Gasteiger partial charge in [0, 0.05) is 10.5 Å². The van der Waals surface area contributed by atoms with Crippen molar-refractivity contribution in [2.24, 2.45) is 0 Å². The molecule has 0 aromatic heterocycles. The van der Waals surface area contributed by atoms with Crippen LogP contribution in [0.1, 0.15) is 11.1 Å². The maximum absolute atomic E-state index is 10.3. The number of aliphatic carboxylic acids is 1. The molecule has 0 heterocycles. The van der Waals surface area contributed by atoms with E-state index in [0.717, 1.165) is 21.7 Å². The normalized spacial score (nSPS) is 10.8. The van der Waals surface area contributed by atoms with Crippen LogP contribution in [-0.2, 0) is 4.79 Å². The first-order chi connectivity index (χ1) is 6.50. The van der Waals surface area contributed by atoms with Crippen LogP contribution in [0.2, 0.25) is 5.02 Å². The molecule has 4 heteroatoms. The highest BCUT2D eigenvalue weighted by molar-refractivity contribution is 9.10. The molecule has 1 aromatic rings. The summed E-state index contributed by atoms with van der Waals surface area (Å²) >= 11 is 9.16. The molecule has 0 aliphatic heterocycles. The molecular formula is C10H8BrClO2. The largest absolute Gasteiger partial charge is 0.478 e. The minimum Gasteiger partial charge on any atom is -0.478 e. The summed E-state index contributed by atoms with van der Waals surface area (Å²) in [5.41, 5.74) is 1.78. The first kappa shape index (κ1) is 11.3. The molecule has 0 spiro atoms. The van der Waals surface area contributed by atoms with Gasteiger partial charge in [-0.3, -0.25) is 0 Å². The molecule has 2 nitrogen and oxygen atoms in total. The second kappa shape index (κ2) is 4.62. The van der Waals surface area contributed by atoms with Crippen molar-refractivity contribution in [2.45, 2.75) is 6.92 Å². The Bertz CT molecular complexity index is 399. The van der Waals surface area contributed by atoms with Crippen LogP contribution in [0.4, 0.5) is 0 Å². The number of carboxylic acids is 1. The van der Waals surface area contributed by atoms with Gasteiger partial charge in [0.05, 0.1) is 5.02 Å². The SMILES string of the molecule is Cc1cc(Br)c(Cl)cc1/C=C/C(=O)O. The number of hydrogen-bond donors (Lipinski definition) is 1. The van der Waals surface area contributed by atoms with E-state index in [1.165, 1.54) is 6.08 Å². The van der Waals surface area contributed by atoms with Crippen molar-refractivity contribution in [3.8, 4) is 0 Å². The molecular weight excluding hydrogens is 267 g/mol. The van der Waals surface area contributed by atoms with Gasteiger partial charge in [-0.2, -0.15) is 0 Å². The van der Waals surface area contributed by atoms with Crippen molar-refractivity contribution < 1.29 is 9.90 Å². The Morgan fingerprint density at radius 2 is 2.21 bits per heavy atom. The molecule has 74 valence electrons. The molecule has 0 atom stereocenters. The fraction of sp³-hybridized carbons (Fsp3) is 0.100. The molecule has 0 saturated carbocycles. The van der Waals surface area contributed by atoms with Crippen LogP contribution in [0.15, 0.2) is 22.7 Å². The quantitative estimate of drug-likeness (QED) is 0.839. The minimum absolute atomic E-state index is 0.570. The lowest BCUT2D eigenvalue weighted by Crippen LogP contribution is -1.87.